The average Bonchev–Trinajstić information content (AvgIpc) is 2.99. The van der Waals surface area contributed by atoms with Crippen LogP contribution in [0.4, 0.5) is 0 Å². The maximum atomic E-state index is 12.4. The van der Waals surface area contributed by atoms with Crippen molar-refractivity contribution in [1.82, 2.24) is 0 Å². The molecule has 0 N–H and O–H groups in total. The van der Waals surface area contributed by atoms with Crippen LogP contribution in [-0.4, -0.2) is 18.2 Å². The maximum Gasteiger partial charge on any atom is 0.197 e. The van der Waals surface area contributed by atoms with Crippen molar-refractivity contribution in [3.8, 4) is 5.75 Å². The van der Waals surface area contributed by atoms with Crippen LogP contribution >= 0.6 is 0 Å². The molecule has 0 spiro atoms. The van der Waals surface area contributed by atoms with Gasteiger partial charge >= 0.3 is 0 Å². The monoisotopic (exact) mass is 388 g/mol. The van der Waals surface area contributed by atoms with E-state index in [1.807, 2.05) is 30.3 Å². The summed E-state index contributed by atoms with van der Waals surface area (Å²) in [4.78, 5) is 24.7. The number of unbranched alkanes of at least 4 members (excludes halogenated alkanes) is 5. The highest BCUT2D eigenvalue weighted by molar-refractivity contribution is 6.39. The van der Waals surface area contributed by atoms with Crippen molar-refractivity contribution in [2.45, 2.75) is 45.4 Å². The molecule has 0 saturated heterocycles. The Bertz CT molecular complexity index is 867. The van der Waals surface area contributed by atoms with E-state index in [-0.39, 0.29) is 17.1 Å². The Kier molecular flexibility index (Phi) is 7.57. The van der Waals surface area contributed by atoms with Gasteiger partial charge in [-0.2, -0.15) is 0 Å². The molecule has 3 nitrogen and oxygen atoms in total. The van der Waals surface area contributed by atoms with Crippen LogP contribution in [-0.2, 0) is 0 Å². The fourth-order valence-electron chi connectivity index (χ4n) is 3.43. The molecule has 0 heterocycles. The molecule has 0 bridgehead atoms. The molecule has 0 radical (unpaired) electrons. The number of allylic oxidation sites excluding steroid dienone is 3. The molecule has 1 aliphatic rings. The van der Waals surface area contributed by atoms with E-state index in [0.717, 1.165) is 24.3 Å². The zero-order chi connectivity index (χ0) is 20.5. The lowest BCUT2D eigenvalue weighted by Gasteiger charge is -2.06. The van der Waals surface area contributed by atoms with Crippen molar-refractivity contribution in [2.75, 3.05) is 6.61 Å². The number of rotatable bonds is 10. The minimum Gasteiger partial charge on any atom is -0.494 e. The minimum absolute atomic E-state index is 0.200. The number of hydrogen-bond donors (Lipinski definition) is 0. The number of benzene rings is 2. The van der Waals surface area contributed by atoms with E-state index >= 15 is 0 Å². The van der Waals surface area contributed by atoms with Gasteiger partial charge in [0.1, 0.15) is 5.75 Å². The van der Waals surface area contributed by atoms with Crippen LogP contribution in [0, 0.1) is 0 Å². The first kappa shape index (κ1) is 20.8. The third-order valence-electron chi connectivity index (χ3n) is 5.10. The SMILES string of the molecule is CCCCCCCCOc1ccc(/C=C/C=C2C(=O)c3ccccc3C2=O)cc1. The van der Waals surface area contributed by atoms with Gasteiger partial charge in [0.25, 0.3) is 0 Å². The molecule has 3 heteroatoms. The van der Waals surface area contributed by atoms with Crippen molar-refractivity contribution in [1.29, 1.82) is 0 Å². The molecule has 0 aliphatic heterocycles. The highest BCUT2D eigenvalue weighted by Crippen LogP contribution is 2.26. The summed E-state index contributed by atoms with van der Waals surface area (Å²) in [5.41, 5.74) is 2.19. The molecule has 0 saturated carbocycles. The Hall–Kier alpha value is -2.94. The second-order valence-electron chi connectivity index (χ2n) is 7.33. The van der Waals surface area contributed by atoms with Crippen molar-refractivity contribution in [3.05, 3.63) is 82.9 Å². The van der Waals surface area contributed by atoms with Gasteiger partial charge in [0, 0.05) is 11.1 Å². The molecule has 2 aromatic rings. The number of fused-ring (bicyclic) bond motifs is 1. The van der Waals surface area contributed by atoms with Gasteiger partial charge in [-0.15, -0.1) is 0 Å². The second kappa shape index (κ2) is 10.6. The van der Waals surface area contributed by atoms with Crippen molar-refractivity contribution < 1.29 is 14.3 Å². The average molecular weight is 389 g/mol. The van der Waals surface area contributed by atoms with Crippen LogP contribution in [0.2, 0.25) is 0 Å². The van der Waals surface area contributed by atoms with Crippen molar-refractivity contribution in [3.63, 3.8) is 0 Å². The van der Waals surface area contributed by atoms with Gasteiger partial charge in [-0.25, -0.2) is 0 Å². The van der Waals surface area contributed by atoms with E-state index < -0.39 is 0 Å². The molecule has 3 rings (SSSR count). The maximum absolute atomic E-state index is 12.4. The zero-order valence-electron chi connectivity index (χ0n) is 17.0. The van der Waals surface area contributed by atoms with Gasteiger partial charge in [-0.05, 0) is 30.2 Å². The summed E-state index contributed by atoms with van der Waals surface area (Å²) in [6.07, 6.45) is 12.7. The van der Waals surface area contributed by atoms with E-state index in [1.165, 1.54) is 32.1 Å². The standard InChI is InChI=1S/C26H28O3/c1-2-3-4-5-6-9-19-29-21-17-15-20(16-18-21)11-10-14-24-25(27)22-12-7-8-13-23(22)26(24)28/h7-8,10-18H,2-6,9,19H2,1H3/b11-10+. The third-order valence-corrected chi connectivity index (χ3v) is 5.10. The molecule has 0 unspecified atom stereocenters. The number of carbonyl (C=O) groups excluding carboxylic acids is 2. The third kappa shape index (κ3) is 5.54. The zero-order valence-corrected chi connectivity index (χ0v) is 17.0. The van der Waals surface area contributed by atoms with E-state index in [1.54, 1.807) is 36.4 Å². The summed E-state index contributed by atoms with van der Waals surface area (Å²) in [5.74, 6) is 0.466. The van der Waals surface area contributed by atoms with Crippen LogP contribution in [0.5, 0.6) is 5.75 Å². The highest BCUT2D eigenvalue weighted by Gasteiger charge is 2.31. The first-order chi connectivity index (χ1) is 14.2. The molecule has 0 fully saturated rings. The quantitative estimate of drug-likeness (QED) is 0.267. The Morgan fingerprint density at radius 2 is 1.41 bits per heavy atom. The molecule has 150 valence electrons. The fraction of sp³-hybridized carbons (Fsp3) is 0.308. The van der Waals surface area contributed by atoms with E-state index in [9.17, 15) is 9.59 Å². The highest BCUT2D eigenvalue weighted by atomic mass is 16.5. The van der Waals surface area contributed by atoms with E-state index in [0.29, 0.717) is 11.1 Å². The van der Waals surface area contributed by atoms with Crippen LogP contribution in [0.15, 0.2) is 66.3 Å². The Balaban J connectivity index is 1.49. The lowest BCUT2D eigenvalue weighted by atomic mass is 10.1. The van der Waals surface area contributed by atoms with E-state index in [4.69, 9.17) is 4.74 Å². The predicted octanol–water partition coefficient (Wildman–Crippen LogP) is 6.44. The first-order valence-electron chi connectivity index (χ1n) is 10.5. The van der Waals surface area contributed by atoms with Gasteiger partial charge in [0.2, 0.25) is 0 Å². The van der Waals surface area contributed by atoms with Crippen LogP contribution < -0.4 is 4.74 Å². The van der Waals surface area contributed by atoms with Crippen molar-refractivity contribution in [2.24, 2.45) is 0 Å². The van der Waals surface area contributed by atoms with Gasteiger partial charge < -0.3 is 4.74 Å². The van der Waals surface area contributed by atoms with Gasteiger partial charge in [0.15, 0.2) is 11.6 Å². The number of hydrogen-bond acceptors (Lipinski definition) is 3. The smallest absolute Gasteiger partial charge is 0.197 e. The number of ether oxygens (including phenoxy) is 1. The molecule has 29 heavy (non-hydrogen) atoms. The molecule has 0 amide bonds. The molecular weight excluding hydrogens is 360 g/mol. The van der Waals surface area contributed by atoms with Gasteiger partial charge in [-0.1, -0.05) is 87.6 Å². The first-order valence-corrected chi connectivity index (χ1v) is 10.5. The summed E-state index contributed by atoms with van der Waals surface area (Å²) in [5, 5.41) is 0. The van der Waals surface area contributed by atoms with Crippen LogP contribution in [0.3, 0.4) is 0 Å². The predicted molar refractivity (Wildman–Crippen MR) is 118 cm³/mol. The number of ketones is 2. The van der Waals surface area contributed by atoms with Gasteiger partial charge in [-0.3, -0.25) is 9.59 Å². The Morgan fingerprint density at radius 3 is 2.07 bits per heavy atom. The molecule has 0 atom stereocenters. The summed E-state index contributed by atoms with van der Waals surface area (Å²) in [7, 11) is 0. The molecule has 1 aliphatic carbocycles. The lowest BCUT2D eigenvalue weighted by Crippen LogP contribution is -1.99. The van der Waals surface area contributed by atoms with Crippen LogP contribution in [0.1, 0.15) is 71.7 Å². The number of Topliss-reactive ketones (excluding diaryl/α,β-unsaturated/α-hetero) is 2. The second-order valence-corrected chi connectivity index (χ2v) is 7.33. The number of carbonyl (C=O) groups is 2. The topological polar surface area (TPSA) is 43.4 Å². The molecular formula is C26H28O3. The summed E-state index contributed by atoms with van der Waals surface area (Å²) < 4.78 is 5.79. The Morgan fingerprint density at radius 1 is 0.793 bits per heavy atom. The molecule has 0 aromatic heterocycles. The minimum atomic E-state index is -0.200. The Labute approximate surface area is 173 Å². The largest absolute Gasteiger partial charge is 0.494 e. The van der Waals surface area contributed by atoms with Gasteiger partial charge in [0.05, 0.1) is 12.2 Å². The lowest BCUT2D eigenvalue weighted by molar-refractivity contribution is 0.0989. The molecule has 2 aromatic carbocycles. The van der Waals surface area contributed by atoms with Crippen molar-refractivity contribution >= 4 is 17.6 Å². The normalized spacial score (nSPS) is 13.2. The summed E-state index contributed by atoms with van der Waals surface area (Å²) in [6, 6.07) is 14.8. The van der Waals surface area contributed by atoms with Crippen LogP contribution in [0.25, 0.3) is 6.08 Å². The fourth-order valence-corrected chi connectivity index (χ4v) is 3.43. The summed E-state index contributed by atoms with van der Waals surface area (Å²) in [6.45, 7) is 2.98. The van der Waals surface area contributed by atoms with E-state index in [2.05, 4.69) is 6.92 Å². The summed E-state index contributed by atoms with van der Waals surface area (Å²) >= 11 is 0.